The summed E-state index contributed by atoms with van der Waals surface area (Å²) in [4.78, 5) is 35.0. The van der Waals surface area contributed by atoms with Gasteiger partial charge in [-0.15, -0.1) is 0 Å². The molecular weight excluding hydrogens is 294 g/mol. The molecule has 0 amide bonds. The van der Waals surface area contributed by atoms with Crippen LogP contribution in [0.4, 0.5) is 5.82 Å². The molecule has 0 aliphatic carbocycles. The average Bonchev–Trinajstić information content (AvgIpc) is 2.93. The first-order valence-electron chi connectivity index (χ1n) is 5.95. The van der Waals surface area contributed by atoms with Gasteiger partial charge in [0.2, 0.25) is 0 Å². The zero-order valence-corrected chi connectivity index (χ0v) is 12.0. The molecule has 0 bridgehead atoms. The number of aromatic amines is 1. The van der Waals surface area contributed by atoms with E-state index in [0.717, 1.165) is 11.8 Å². The SMILES string of the molecule is CNc1cn2ccnc2c(Sc2nc(=O)c(=O)[nH]n2C)n1. The standard InChI is InChI=1S/C11H11N7O2S/c1-12-6-5-18-4-3-13-7(18)10(14-6)21-11-15-8(19)9(20)16-17(11)2/h3-5,12H,1-2H3,(H,16,20). The van der Waals surface area contributed by atoms with Gasteiger partial charge in [-0.05, 0) is 11.8 Å². The number of aromatic nitrogens is 6. The van der Waals surface area contributed by atoms with Crippen LogP contribution >= 0.6 is 11.8 Å². The predicted octanol–water partition coefficient (Wildman–Crippen LogP) is -0.296. The van der Waals surface area contributed by atoms with Crippen LogP contribution in [0.2, 0.25) is 0 Å². The minimum atomic E-state index is -0.834. The second-order valence-electron chi connectivity index (χ2n) is 4.14. The summed E-state index contributed by atoms with van der Waals surface area (Å²) in [5, 5.41) is 6.24. The van der Waals surface area contributed by atoms with Crippen LogP contribution in [0.1, 0.15) is 0 Å². The molecule has 0 saturated heterocycles. The number of imidazole rings is 1. The fraction of sp³-hybridized carbons (Fsp3) is 0.182. The molecule has 3 heterocycles. The number of rotatable bonds is 3. The maximum atomic E-state index is 11.4. The smallest absolute Gasteiger partial charge is 0.339 e. The zero-order valence-electron chi connectivity index (χ0n) is 11.2. The molecule has 0 unspecified atom stereocenters. The summed E-state index contributed by atoms with van der Waals surface area (Å²) in [6, 6.07) is 0. The van der Waals surface area contributed by atoms with Crippen LogP contribution in [0.25, 0.3) is 5.65 Å². The maximum Gasteiger partial charge on any atom is 0.339 e. The summed E-state index contributed by atoms with van der Waals surface area (Å²) in [6.07, 6.45) is 5.24. The molecule has 0 aliphatic rings. The molecule has 0 atom stereocenters. The Kier molecular flexibility index (Phi) is 3.22. The van der Waals surface area contributed by atoms with Crippen LogP contribution < -0.4 is 16.4 Å². The second-order valence-corrected chi connectivity index (χ2v) is 5.10. The summed E-state index contributed by atoms with van der Waals surface area (Å²) in [5.41, 5.74) is -0.955. The van der Waals surface area contributed by atoms with Crippen molar-refractivity contribution in [3.63, 3.8) is 0 Å². The molecular formula is C11H11N7O2S. The number of anilines is 1. The number of nitrogens with one attached hydrogen (secondary N) is 2. The summed E-state index contributed by atoms with van der Waals surface area (Å²) >= 11 is 1.15. The van der Waals surface area contributed by atoms with Gasteiger partial charge in [-0.1, -0.05) is 0 Å². The lowest BCUT2D eigenvalue weighted by Crippen LogP contribution is -2.33. The fourth-order valence-electron chi connectivity index (χ4n) is 1.73. The highest BCUT2D eigenvalue weighted by atomic mass is 32.2. The number of hydrogen-bond acceptors (Lipinski definition) is 7. The van der Waals surface area contributed by atoms with E-state index in [-0.39, 0.29) is 0 Å². The molecule has 21 heavy (non-hydrogen) atoms. The number of nitrogens with zero attached hydrogens (tertiary/aromatic N) is 5. The van der Waals surface area contributed by atoms with Crippen molar-refractivity contribution >= 4 is 23.2 Å². The van der Waals surface area contributed by atoms with Crippen molar-refractivity contribution in [1.29, 1.82) is 0 Å². The van der Waals surface area contributed by atoms with E-state index in [4.69, 9.17) is 0 Å². The molecule has 2 N–H and O–H groups in total. The van der Waals surface area contributed by atoms with E-state index in [9.17, 15) is 9.59 Å². The topological polar surface area (TPSA) is 110 Å². The first kappa shape index (κ1) is 13.4. The highest BCUT2D eigenvalue weighted by molar-refractivity contribution is 7.99. The van der Waals surface area contributed by atoms with Gasteiger partial charge in [0.25, 0.3) is 0 Å². The van der Waals surface area contributed by atoms with Crippen LogP contribution in [-0.2, 0) is 7.05 Å². The van der Waals surface area contributed by atoms with Crippen molar-refractivity contribution in [2.75, 3.05) is 12.4 Å². The van der Waals surface area contributed by atoms with Gasteiger partial charge in [0.1, 0.15) is 10.8 Å². The lowest BCUT2D eigenvalue weighted by molar-refractivity contribution is 0.596. The Labute approximate surface area is 122 Å². The molecule has 0 spiro atoms. The number of fused-ring (bicyclic) bond motifs is 1. The van der Waals surface area contributed by atoms with E-state index in [0.29, 0.717) is 21.6 Å². The number of aryl methyl sites for hydroxylation is 1. The number of H-pyrrole nitrogens is 1. The Hall–Kier alpha value is -2.62. The molecule has 0 fully saturated rings. The number of hydrogen-bond donors (Lipinski definition) is 2. The zero-order chi connectivity index (χ0) is 15.0. The maximum absolute atomic E-state index is 11.4. The molecule has 3 aromatic rings. The molecule has 3 rings (SSSR count). The Morgan fingerprint density at radius 2 is 2.14 bits per heavy atom. The largest absolute Gasteiger partial charge is 0.372 e. The normalized spacial score (nSPS) is 11.0. The van der Waals surface area contributed by atoms with Crippen molar-refractivity contribution < 1.29 is 0 Å². The molecule has 3 aromatic heterocycles. The van der Waals surface area contributed by atoms with Crippen LogP contribution in [-0.4, -0.2) is 36.2 Å². The van der Waals surface area contributed by atoms with Gasteiger partial charge >= 0.3 is 11.1 Å². The predicted molar refractivity (Wildman–Crippen MR) is 76.8 cm³/mol. The van der Waals surface area contributed by atoms with E-state index < -0.39 is 11.1 Å². The first-order valence-corrected chi connectivity index (χ1v) is 6.77. The quantitative estimate of drug-likeness (QED) is 0.639. The van der Waals surface area contributed by atoms with E-state index in [1.807, 2.05) is 4.40 Å². The van der Waals surface area contributed by atoms with Crippen molar-refractivity contribution in [1.82, 2.24) is 29.1 Å². The third-order valence-electron chi connectivity index (χ3n) is 2.74. The van der Waals surface area contributed by atoms with Crippen LogP contribution in [0.3, 0.4) is 0 Å². The van der Waals surface area contributed by atoms with Gasteiger partial charge in [0.15, 0.2) is 10.8 Å². The third kappa shape index (κ3) is 2.40. The van der Waals surface area contributed by atoms with Crippen molar-refractivity contribution in [3.8, 4) is 0 Å². The molecule has 108 valence electrons. The highest BCUT2D eigenvalue weighted by Gasteiger charge is 2.12. The van der Waals surface area contributed by atoms with Crippen LogP contribution in [0.15, 0.2) is 38.4 Å². The van der Waals surface area contributed by atoms with Crippen molar-refractivity contribution in [3.05, 3.63) is 39.3 Å². The lowest BCUT2D eigenvalue weighted by Gasteiger charge is -2.08. The minimum Gasteiger partial charge on any atom is -0.372 e. The third-order valence-corrected chi connectivity index (χ3v) is 3.75. The fourth-order valence-corrected chi connectivity index (χ4v) is 2.61. The summed E-state index contributed by atoms with van der Waals surface area (Å²) in [6.45, 7) is 0. The van der Waals surface area contributed by atoms with E-state index in [1.165, 1.54) is 4.68 Å². The van der Waals surface area contributed by atoms with Gasteiger partial charge in [-0.3, -0.25) is 19.4 Å². The summed E-state index contributed by atoms with van der Waals surface area (Å²) in [7, 11) is 3.36. The first-order chi connectivity index (χ1) is 10.1. The van der Waals surface area contributed by atoms with Gasteiger partial charge in [0, 0.05) is 26.5 Å². The minimum absolute atomic E-state index is 0.324. The van der Waals surface area contributed by atoms with Gasteiger partial charge in [-0.2, -0.15) is 4.98 Å². The Bertz CT molecular complexity index is 926. The Balaban J connectivity index is 2.13. The monoisotopic (exact) mass is 305 g/mol. The highest BCUT2D eigenvalue weighted by Crippen LogP contribution is 2.27. The van der Waals surface area contributed by atoms with E-state index in [2.05, 4.69) is 25.4 Å². The van der Waals surface area contributed by atoms with E-state index >= 15 is 0 Å². The van der Waals surface area contributed by atoms with Crippen molar-refractivity contribution in [2.45, 2.75) is 10.2 Å². The summed E-state index contributed by atoms with van der Waals surface area (Å²) in [5.74, 6) is 0.650. The van der Waals surface area contributed by atoms with Gasteiger partial charge in [-0.25, -0.2) is 9.97 Å². The molecule has 0 aromatic carbocycles. The Morgan fingerprint density at radius 3 is 2.90 bits per heavy atom. The molecule has 0 radical (unpaired) electrons. The van der Waals surface area contributed by atoms with Crippen molar-refractivity contribution in [2.24, 2.45) is 7.05 Å². The van der Waals surface area contributed by atoms with Gasteiger partial charge in [0.05, 0.1) is 6.20 Å². The van der Waals surface area contributed by atoms with Crippen LogP contribution in [0.5, 0.6) is 0 Å². The average molecular weight is 305 g/mol. The Morgan fingerprint density at radius 1 is 1.33 bits per heavy atom. The van der Waals surface area contributed by atoms with Gasteiger partial charge < -0.3 is 9.72 Å². The molecule has 0 aliphatic heterocycles. The molecule has 0 saturated carbocycles. The summed E-state index contributed by atoms with van der Waals surface area (Å²) < 4.78 is 3.19. The second kappa shape index (κ2) is 5.05. The molecule has 9 nitrogen and oxygen atoms in total. The van der Waals surface area contributed by atoms with Crippen LogP contribution in [0, 0.1) is 0 Å². The van der Waals surface area contributed by atoms with E-state index in [1.54, 1.807) is 32.7 Å². The molecule has 10 heteroatoms. The lowest BCUT2D eigenvalue weighted by atomic mass is 10.6.